The molecule has 3 amide bonds. The predicted molar refractivity (Wildman–Crippen MR) is 97.0 cm³/mol. The van der Waals surface area contributed by atoms with Crippen LogP contribution in [0.4, 0.5) is 16.2 Å². The van der Waals surface area contributed by atoms with Gasteiger partial charge in [-0.05, 0) is 24.3 Å². The molecule has 0 fully saturated rings. The van der Waals surface area contributed by atoms with E-state index in [0.717, 1.165) is 0 Å². The van der Waals surface area contributed by atoms with Crippen LogP contribution < -0.4 is 21.5 Å². The fraction of sp³-hybridized carbons (Fsp3) is 0.0556. The minimum atomic E-state index is -0.403. The van der Waals surface area contributed by atoms with Gasteiger partial charge in [0.25, 0.3) is 5.91 Å². The Bertz CT molecular complexity index is 1010. The van der Waals surface area contributed by atoms with Crippen molar-refractivity contribution in [1.29, 1.82) is 0 Å². The highest BCUT2D eigenvalue weighted by Gasteiger charge is 2.12. The molecule has 126 valence electrons. The molecule has 0 aliphatic carbocycles. The van der Waals surface area contributed by atoms with E-state index in [-0.39, 0.29) is 17.2 Å². The average molecular weight is 336 g/mol. The highest BCUT2D eigenvalue weighted by atomic mass is 16.2. The molecule has 0 aliphatic rings. The van der Waals surface area contributed by atoms with Crippen molar-refractivity contribution in [1.82, 2.24) is 10.3 Å². The molecule has 3 rings (SSSR count). The molecule has 0 saturated carbocycles. The average Bonchev–Trinajstić information content (AvgIpc) is 2.61. The summed E-state index contributed by atoms with van der Waals surface area (Å²) in [5.41, 5.74) is 1.56. The van der Waals surface area contributed by atoms with Crippen LogP contribution in [0.3, 0.4) is 0 Å². The number of para-hydroxylation sites is 1. The van der Waals surface area contributed by atoms with Gasteiger partial charge in [-0.2, -0.15) is 0 Å². The molecule has 0 unspecified atom stereocenters. The second kappa shape index (κ2) is 6.88. The lowest BCUT2D eigenvalue weighted by molar-refractivity contribution is 0.102. The molecule has 7 heteroatoms. The van der Waals surface area contributed by atoms with Gasteiger partial charge in [-0.3, -0.25) is 9.59 Å². The number of fused-ring (bicyclic) bond motifs is 1. The Morgan fingerprint density at radius 3 is 2.40 bits per heavy atom. The molecule has 0 spiro atoms. The van der Waals surface area contributed by atoms with E-state index in [1.807, 2.05) is 0 Å². The first kappa shape index (κ1) is 16.3. The summed E-state index contributed by atoms with van der Waals surface area (Å²) in [6, 6.07) is 14.7. The standard InChI is InChI=1S/C18H16N4O3/c1-19-18(25)21-12-6-4-5-11(9-12)20-17(24)14-10-16(23)22-15-8-3-2-7-13(14)15/h2-10H,1H3,(H,20,24)(H,22,23)(H2,19,21,25). The Morgan fingerprint density at radius 1 is 0.920 bits per heavy atom. The van der Waals surface area contributed by atoms with Gasteiger partial charge in [-0.15, -0.1) is 0 Å². The smallest absolute Gasteiger partial charge is 0.318 e. The first-order valence-corrected chi connectivity index (χ1v) is 7.59. The number of benzene rings is 2. The molecule has 3 aromatic rings. The Labute approximate surface area is 143 Å². The summed E-state index contributed by atoms with van der Waals surface area (Å²) in [7, 11) is 1.51. The third-order valence-corrected chi connectivity index (χ3v) is 3.60. The summed E-state index contributed by atoms with van der Waals surface area (Å²) >= 11 is 0. The van der Waals surface area contributed by atoms with Crippen molar-refractivity contribution in [2.45, 2.75) is 0 Å². The van der Waals surface area contributed by atoms with Crippen molar-refractivity contribution in [2.24, 2.45) is 0 Å². The van der Waals surface area contributed by atoms with Crippen LogP contribution in [0.1, 0.15) is 10.4 Å². The number of hydrogen-bond donors (Lipinski definition) is 4. The van der Waals surface area contributed by atoms with Crippen LogP contribution >= 0.6 is 0 Å². The van der Waals surface area contributed by atoms with Crippen molar-refractivity contribution in [3.63, 3.8) is 0 Å². The third kappa shape index (κ3) is 3.66. The highest BCUT2D eigenvalue weighted by Crippen LogP contribution is 2.19. The van der Waals surface area contributed by atoms with Crippen LogP contribution in [0, 0.1) is 0 Å². The molecule has 7 nitrogen and oxygen atoms in total. The molecular formula is C18H16N4O3. The number of aromatic amines is 1. The second-order valence-corrected chi connectivity index (χ2v) is 5.33. The lowest BCUT2D eigenvalue weighted by Crippen LogP contribution is -2.24. The quantitative estimate of drug-likeness (QED) is 0.591. The van der Waals surface area contributed by atoms with Gasteiger partial charge >= 0.3 is 6.03 Å². The number of amides is 3. The number of carbonyl (C=O) groups excluding carboxylic acids is 2. The van der Waals surface area contributed by atoms with Crippen LogP contribution in [0.5, 0.6) is 0 Å². The number of H-pyrrole nitrogens is 1. The largest absolute Gasteiger partial charge is 0.341 e. The Balaban J connectivity index is 1.89. The van der Waals surface area contributed by atoms with Gasteiger partial charge in [0.2, 0.25) is 5.56 Å². The fourth-order valence-electron chi connectivity index (χ4n) is 2.46. The topological polar surface area (TPSA) is 103 Å². The van der Waals surface area contributed by atoms with E-state index in [9.17, 15) is 14.4 Å². The van der Waals surface area contributed by atoms with Crippen molar-refractivity contribution in [2.75, 3.05) is 17.7 Å². The normalized spacial score (nSPS) is 10.3. The van der Waals surface area contributed by atoms with E-state index >= 15 is 0 Å². The summed E-state index contributed by atoms with van der Waals surface area (Å²) in [6.45, 7) is 0. The number of urea groups is 1. The third-order valence-electron chi connectivity index (χ3n) is 3.60. The Hall–Kier alpha value is -3.61. The van der Waals surface area contributed by atoms with E-state index < -0.39 is 5.91 Å². The minimum Gasteiger partial charge on any atom is -0.341 e. The number of hydrogen-bond acceptors (Lipinski definition) is 3. The lowest BCUT2D eigenvalue weighted by atomic mass is 10.1. The number of aromatic nitrogens is 1. The van der Waals surface area contributed by atoms with Gasteiger partial charge in [-0.25, -0.2) is 4.79 Å². The molecule has 0 aliphatic heterocycles. The fourth-order valence-corrected chi connectivity index (χ4v) is 2.46. The second-order valence-electron chi connectivity index (χ2n) is 5.33. The monoisotopic (exact) mass is 336 g/mol. The number of rotatable bonds is 3. The molecule has 4 N–H and O–H groups in total. The van der Waals surface area contributed by atoms with Gasteiger partial charge in [0.05, 0.1) is 5.56 Å². The number of anilines is 2. The number of carbonyl (C=O) groups is 2. The first-order valence-electron chi connectivity index (χ1n) is 7.59. The number of pyridine rings is 1. The zero-order chi connectivity index (χ0) is 17.8. The zero-order valence-electron chi connectivity index (χ0n) is 13.4. The summed E-state index contributed by atoms with van der Waals surface area (Å²) < 4.78 is 0. The van der Waals surface area contributed by atoms with Gasteiger partial charge in [-0.1, -0.05) is 24.3 Å². The summed E-state index contributed by atoms with van der Waals surface area (Å²) in [5, 5.41) is 8.48. The van der Waals surface area contributed by atoms with E-state index in [1.165, 1.54) is 13.1 Å². The summed E-state index contributed by atoms with van der Waals surface area (Å²) in [4.78, 5) is 38.5. The molecular weight excluding hydrogens is 320 g/mol. The van der Waals surface area contributed by atoms with Crippen LogP contribution in [-0.4, -0.2) is 24.0 Å². The van der Waals surface area contributed by atoms with E-state index in [1.54, 1.807) is 48.5 Å². The highest BCUT2D eigenvalue weighted by molar-refractivity contribution is 6.12. The maximum absolute atomic E-state index is 12.6. The van der Waals surface area contributed by atoms with E-state index in [2.05, 4.69) is 20.9 Å². The molecule has 0 saturated heterocycles. The van der Waals surface area contributed by atoms with Crippen molar-refractivity contribution in [3.05, 3.63) is 70.5 Å². The van der Waals surface area contributed by atoms with Crippen molar-refractivity contribution >= 4 is 34.2 Å². The van der Waals surface area contributed by atoms with Gasteiger partial charge < -0.3 is 20.9 Å². The number of nitrogens with one attached hydrogen (secondary N) is 4. The maximum Gasteiger partial charge on any atom is 0.318 e. The van der Waals surface area contributed by atoms with Crippen molar-refractivity contribution < 1.29 is 9.59 Å². The van der Waals surface area contributed by atoms with E-state index in [4.69, 9.17) is 0 Å². The van der Waals surface area contributed by atoms with Gasteiger partial charge in [0.15, 0.2) is 0 Å². The Kier molecular flexibility index (Phi) is 4.47. The van der Waals surface area contributed by atoms with Crippen LogP contribution in [0.15, 0.2) is 59.4 Å². The summed E-state index contributed by atoms with van der Waals surface area (Å²) in [6.07, 6.45) is 0. The Morgan fingerprint density at radius 2 is 1.64 bits per heavy atom. The molecule has 1 aromatic heterocycles. The minimum absolute atomic E-state index is 0.281. The van der Waals surface area contributed by atoms with Crippen LogP contribution in [0.25, 0.3) is 10.9 Å². The van der Waals surface area contributed by atoms with Gasteiger partial charge in [0.1, 0.15) is 0 Å². The van der Waals surface area contributed by atoms with Gasteiger partial charge in [0, 0.05) is 35.4 Å². The van der Waals surface area contributed by atoms with Crippen LogP contribution in [-0.2, 0) is 0 Å². The predicted octanol–water partition coefficient (Wildman–Crippen LogP) is 2.53. The van der Waals surface area contributed by atoms with E-state index in [0.29, 0.717) is 22.3 Å². The van der Waals surface area contributed by atoms with Crippen LogP contribution in [0.2, 0.25) is 0 Å². The molecule has 1 heterocycles. The SMILES string of the molecule is CNC(=O)Nc1cccc(NC(=O)c2cc(=O)[nH]c3ccccc23)c1. The summed E-state index contributed by atoms with van der Waals surface area (Å²) in [5.74, 6) is -0.403. The molecule has 25 heavy (non-hydrogen) atoms. The molecule has 0 bridgehead atoms. The lowest BCUT2D eigenvalue weighted by Gasteiger charge is -2.10. The van der Waals surface area contributed by atoms with Crippen molar-refractivity contribution in [3.8, 4) is 0 Å². The molecule has 0 radical (unpaired) electrons. The maximum atomic E-state index is 12.6. The molecule has 2 aromatic carbocycles. The zero-order valence-corrected chi connectivity index (χ0v) is 13.4. The molecule has 0 atom stereocenters. The first-order chi connectivity index (χ1) is 12.1.